The molecule has 0 spiro atoms. The molecule has 0 aliphatic heterocycles. The van der Waals surface area contributed by atoms with E-state index in [2.05, 4.69) is 30.9 Å². The van der Waals surface area contributed by atoms with E-state index in [1.165, 1.54) is 0 Å². The second-order valence-electron chi connectivity index (χ2n) is 8.10. The molecular weight excluding hydrogens is 240 g/mol. The van der Waals surface area contributed by atoms with E-state index in [-0.39, 0.29) is 22.2 Å². The van der Waals surface area contributed by atoms with E-state index >= 15 is 0 Å². The van der Waals surface area contributed by atoms with Gasteiger partial charge in [0.1, 0.15) is 0 Å². The molecule has 4 nitrogen and oxygen atoms in total. The van der Waals surface area contributed by atoms with Gasteiger partial charge in [0.25, 0.3) is 0 Å². The molecule has 0 rings (SSSR count). The van der Waals surface area contributed by atoms with Crippen molar-refractivity contribution in [2.24, 2.45) is 22.1 Å². The van der Waals surface area contributed by atoms with Crippen LogP contribution in [0.15, 0.2) is 0 Å². The minimum Gasteiger partial charge on any atom is -0.355 e. The number of hydrogen-bond donors (Lipinski definition) is 2. The number of nitrogens with one attached hydrogen (secondary N) is 1. The lowest BCUT2D eigenvalue weighted by Gasteiger charge is -2.30. The average Bonchev–Trinajstić information content (AvgIpc) is 2.22. The highest BCUT2D eigenvalue weighted by molar-refractivity contribution is 5.81. The van der Waals surface area contributed by atoms with Crippen LogP contribution in [0.5, 0.6) is 0 Å². The van der Waals surface area contributed by atoms with Gasteiger partial charge in [-0.2, -0.15) is 0 Å². The molecule has 0 radical (unpaired) electrons. The molecule has 0 aliphatic rings. The van der Waals surface area contributed by atoms with Crippen molar-refractivity contribution in [2.75, 3.05) is 13.2 Å². The van der Waals surface area contributed by atoms with Crippen molar-refractivity contribution >= 4 is 5.91 Å². The van der Waals surface area contributed by atoms with E-state index in [9.17, 15) is 4.79 Å². The molecule has 3 N–H and O–H groups in total. The van der Waals surface area contributed by atoms with Crippen LogP contribution in [0.4, 0.5) is 0 Å². The summed E-state index contributed by atoms with van der Waals surface area (Å²) in [6.07, 6.45) is 1.92. The maximum Gasteiger partial charge on any atom is 0.225 e. The van der Waals surface area contributed by atoms with Crippen LogP contribution in [0.3, 0.4) is 0 Å². The highest BCUT2D eigenvalue weighted by Gasteiger charge is 2.30. The van der Waals surface area contributed by atoms with Crippen molar-refractivity contribution in [3.05, 3.63) is 0 Å². The number of hydrogen-bond acceptors (Lipinski definition) is 3. The third-order valence-electron chi connectivity index (χ3n) is 3.32. The Labute approximate surface area is 118 Å². The Morgan fingerprint density at radius 1 is 1.05 bits per heavy atom. The highest BCUT2D eigenvalue weighted by Crippen LogP contribution is 2.30. The predicted octanol–water partition coefficient (Wildman–Crippen LogP) is 2.87. The van der Waals surface area contributed by atoms with Gasteiger partial charge in [-0.3, -0.25) is 4.79 Å². The van der Waals surface area contributed by atoms with Crippen molar-refractivity contribution in [2.45, 2.75) is 61.3 Å². The van der Waals surface area contributed by atoms with E-state index in [0.29, 0.717) is 13.2 Å². The Kier molecular flexibility index (Phi) is 6.49. The molecule has 0 aliphatic carbocycles. The Balaban J connectivity index is 4.32. The number of nitrogens with two attached hydrogens (primary N) is 1. The SMILES string of the molecule is CC(C)(C)CCC(C)(C)C(=O)NCC(C)(C)CON. The first-order chi connectivity index (χ1) is 8.40. The van der Waals surface area contributed by atoms with Crippen LogP contribution in [0.1, 0.15) is 61.3 Å². The average molecular weight is 272 g/mol. The van der Waals surface area contributed by atoms with Gasteiger partial charge < -0.3 is 10.2 Å². The second-order valence-corrected chi connectivity index (χ2v) is 8.10. The van der Waals surface area contributed by atoms with Gasteiger partial charge in [0.15, 0.2) is 0 Å². The van der Waals surface area contributed by atoms with Gasteiger partial charge in [-0.15, -0.1) is 0 Å². The molecular formula is C15H32N2O2. The molecule has 0 saturated heterocycles. The van der Waals surface area contributed by atoms with Gasteiger partial charge in [-0.1, -0.05) is 48.5 Å². The quantitative estimate of drug-likeness (QED) is 0.700. The summed E-state index contributed by atoms with van der Waals surface area (Å²) in [6, 6.07) is 0. The number of amides is 1. The normalized spacial score (nSPS) is 13.5. The zero-order valence-corrected chi connectivity index (χ0v) is 13.7. The Morgan fingerprint density at radius 3 is 2.00 bits per heavy atom. The lowest BCUT2D eigenvalue weighted by atomic mass is 9.79. The maximum absolute atomic E-state index is 12.2. The minimum atomic E-state index is -0.340. The fraction of sp³-hybridized carbons (Fsp3) is 0.933. The zero-order chi connectivity index (χ0) is 15.3. The third kappa shape index (κ3) is 8.22. The minimum absolute atomic E-state index is 0.0989. The standard InChI is InChI=1S/C15H32N2O2/c1-13(2,3)8-9-15(6,7)12(18)17-10-14(4,5)11-19-16/h8-11,16H2,1-7H3,(H,17,18). The monoisotopic (exact) mass is 272 g/mol. The number of rotatable bonds is 7. The van der Waals surface area contributed by atoms with E-state index in [4.69, 9.17) is 5.90 Å². The largest absolute Gasteiger partial charge is 0.355 e. The molecule has 0 aromatic carbocycles. The van der Waals surface area contributed by atoms with Gasteiger partial charge in [0, 0.05) is 17.4 Å². The van der Waals surface area contributed by atoms with E-state index in [1.807, 2.05) is 27.7 Å². The molecule has 0 saturated carbocycles. The molecule has 4 heteroatoms. The molecule has 0 aromatic heterocycles. The van der Waals surface area contributed by atoms with Crippen molar-refractivity contribution < 1.29 is 9.63 Å². The van der Waals surface area contributed by atoms with E-state index in [1.54, 1.807) is 0 Å². The van der Waals surface area contributed by atoms with Crippen molar-refractivity contribution in [3.8, 4) is 0 Å². The lowest BCUT2D eigenvalue weighted by molar-refractivity contribution is -0.130. The molecule has 0 unspecified atom stereocenters. The fourth-order valence-electron chi connectivity index (χ4n) is 1.64. The molecule has 0 fully saturated rings. The molecule has 0 aromatic rings. The van der Waals surface area contributed by atoms with Crippen LogP contribution in [0.25, 0.3) is 0 Å². The lowest BCUT2D eigenvalue weighted by Crippen LogP contribution is -2.43. The summed E-state index contributed by atoms with van der Waals surface area (Å²) in [6.45, 7) is 15.6. The summed E-state index contributed by atoms with van der Waals surface area (Å²) in [4.78, 5) is 16.9. The molecule has 0 bridgehead atoms. The van der Waals surface area contributed by atoms with Gasteiger partial charge in [-0.25, -0.2) is 5.90 Å². The van der Waals surface area contributed by atoms with Crippen LogP contribution in [0.2, 0.25) is 0 Å². The predicted molar refractivity (Wildman–Crippen MR) is 79.4 cm³/mol. The number of carbonyl (C=O) groups is 1. The highest BCUT2D eigenvalue weighted by atomic mass is 16.6. The van der Waals surface area contributed by atoms with Gasteiger partial charge in [0.05, 0.1) is 6.61 Å². The van der Waals surface area contributed by atoms with Gasteiger partial charge in [0.2, 0.25) is 5.91 Å². The van der Waals surface area contributed by atoms with Crippen molar-refractivity contribution in [1.29, 1.82) is 0 Å². The summed E-state index contributed by atoms with van der Waals surface area (Å²) in [5.74, 6) is 5.19. The van der Waals surface area contributed by atoms with Crippen LogP contribution in [-0.2, 0) is 9.63 Å². The smallest absolute Gasteiger partial charge is 0.225 e. The van der Waals surface area contributed by atoms with Gasteiger partial charge >= 0.3 is 0 Å². The van der Waals surface area contributed by atoms with Crippen LogP contribution >= 0.6 is 0 Å². The molecule has 114 valence electrons. The first kappa shape index (κ1) is 18.4. The summed E-state index contributed by atoms with van der Waals surface area (Å²) >= 11 is 0. The Morgan fingerprint density at radius 2 is 1.58 bits per heavy atom. The fourth-order valence-corrected chi connectivity index (χ4v) is 1.64. The topological polar surface area (TPSA) is 64.3 Å². The Bertz CT molecular complexity index is 291. The Hall–Kier alpha value is -0.610. The zero-order valence-electron chi connectivity index (χ0n) is 13.7. The van der Waals surface area contributed by atoms with Crippen molar-refractivity contribution in [1.82, 2.24) is 5.32 Å². The van der Waals surface area contributed by atoms with E-state index < -0.39 is 0 Å². The van der Waals surface area contributed by atoms with Crippen LogP contribution in [0, 0.1) is 16.2 Å². The molecule has 19 heavy (non-hydrogen) atoms. The number of carbonyl (C=O) groups excluding carboxylic acids is 1. The van der Waals surface area contributed by atoms with Crippen molar-refractivity contribution in [3.63, 3.8) is 0 Å². The summed E-state index contributed by atoms with van der Waals surface area (Å²) in [7, 11) is 0. The summed E-state index contributed by atoms with van der Waals surface area (Å²) in [5, 5.41) is 3.01. The van der Waals surface area contributed by atoms with Crippen LogP contribution in [-0.4, -0.2) is 19.1 Å². The summed E-state index contributed by atoms with van der Waals surface area (Å²) < 4.78 is 0. The maximum atomic E-state index is 12.2. The molecule has 1 amide bonds. The van der Waals surface area contributed by atoms with Crippen LogP contribution < -0.4 is 11.2 Å². The molecule has 0 heterocycles. The summed E-state index contributed by atoms with van der Waals surface area (Å²) in [5.41, 5.74) is -0.234. The third-order valence-corrected chi connectivity index (χ3v) is 3.32. The van der Waals surface area contributed by atoms with E-state index in [0.717, 1.165) is 12.8 Å². The first-order valence-corrected chi connectivity index (χ1v) is 7.00. The van der Waals surface area contributed by atoms with Gasteiger partial charge in [-0.05, 0) is 18.3 Å². The molecule has 0 atom stereocenters. The second kappa shape index (κ2) is 6.71. The first-order valence-electron chi connectivity index (χ1n) is 7.00.